The van der Waals surface area contributed by atoms with E-state index in [1.54, 1.807) is 0 Å². The van der Waals surface area contributed by atoms with Crippen LogP contribution in [-0.4, -0.2) is 43.4 Å². The minimum atomic E-state index is -0.350. The molecule has 1 aliphatic heterocycles. The lowest BCUT2D eigenvalue weighted by molar-refractivity contribution is -0.132. The summed E-state index contributed by atoms with van der Waals surface area (Å²) in [4.78, 5) is 40.1. The van der Waals surface area contributed by atoms with E-state index >= 15 is 0 Å². The molecule has 0 unspecified atom stereocenters. The van der Waals surface area contributed by atoms with E-state index in [4.69, 9.17) is 4.52 Å². The average molecular weight is 412 g/mol. The van der Waals surface area contributed by atoms with Crippen molar-refractivity contribution in [2.75, 3.05) is 11.9 Å². The van der Waals surface area contributed by atoms with E-state index in [2.05, 4.69) is 25.4 Å². The second kappa shape index (κ2) is 8.08. The summed E-state index contributed by atoms with van der Waals surface area (Å²) < 4.78 is 5.16. The van der Waals surface area contributed by atoms with E-state index < -0.39 is 0 Å². The number of hydrogen-bond acceptors (Lipinski definition) is 8. The molecule has 0 fully saturated rings. The summed E-state index contributed by atoms with van der Waals surface area (Å²) in [5, 5.41) is 7.21. The van der Waals surface area contributed by atoms with Crippen molar-refractivity contribution < 1.29 is 14.1 Å². The number of carbonyl (C=O) groups is 2. The number of anilines is 1. The second-order valence-corrected chi connectivity index (χ2v) is 7.89. The molecule has 0 radical (unpaired) electrons. The molecule has 4 heterocycles. The Bertz CT molecular complexity index is 1030. The van der Waals surface area contributed by atoms with Crippen LogP contribution in [0.2, 0.25) is 0 Å². The van der Waals surface area contributed by atoms with Crippen molar-refractivity contribution in [3.63, 3.8) is 0 Å². The van der Waals surface area contributed by atoms with Gasteiger partial charge in [-0.15, -0.1) is 0 Å². The van der Waals surface area contributed by atoms with Crippen molar-refractivity contribution in [2.45, 2.75) is 39.7 Å². The Morgan fingerprint density at radius 2 is 2.17 bits per heavy atom. The summed E-state index contributed by atoms with van der Waals surface area (Å²) in [5.74, 6) is 0.507. The number of hydrogen-bond donors (Lipinski definition) is 1. The van der Waals surface area contributed by atoms with Crippen LogP contribution in [0.25, 0.3) is 0 Å². The van der Waals surface area contributed by atoms with Gasteiger partial charge in [-0.3, -0.25) is 19.9 Å². The van der Waals surface area contributed by atoms with Crippen LogP contribution in [0.1, 0.15) is 44.5 Å². The predicted molar refractivity (Wildman–Crippen MR) is 106 cm³/mol. The van der Waals surface area contributed by atoms with Gasteiger partial charge in [-0.1, -0.05) is 16.5 Å². The molecule has 10 heteroatoms. The summed E-state index contributed by atoms with van der Waals surface area (Å²) in [5.41, 5.74) is 3.00. The molecule has 0 saturated carbocycles. The van der Waals surface area contributed by atoms with Crippen LogP contribution < -0.4 is 5.32 Å². The summed E-state index contributed by atoms with van der Waals surface area (Å²) in [6.07, 6.45) is 6.08. The second-order valence-electron chi connectivity index (χ2n) is 6.80. The molecule has 0 aliphatic carbocycles. The number of thiazole rings is 1. The van der Waals surface area contributed by atoms with Gasteiger partial charge in [-0.05, 0) is 20.3 Å². The van der Waals surface area contributed by atoms with Gasteiger partial charge in [0, 0.05) is 42.2 Å². The lowest BCUT2D eigenvalue weighted by atomic mass is 10.1. The third kappa shape index (κ3) is 4.16. The summed E-state index contributed by atoms with van der Waals surface area (Å²) in [6, 6.07) is 0. The van der Waals surface area contributed by atoms with Crippen LogP contribution in [0.4, 0.5) is 5.13 Å². The van der Waals surface area contributed by atoms with Crippen LogP contribution in [0.15, 0.2) is 23.1 Å². The first-order valence-electron chi connectivity index (χ1n) is 9.26. The highest BCUT2D eigenvalue weighted by Crippen LogP contribution is 2.29. The molecule has 3 aromatic rings. The molecular weight excluding hydrogens is 392 g/mol. The van der Waals surface area contributed by atoms with Gasteiger partial charge >= 0.3 is 0 Å². The van der Waals surface area contributed by atoms with Crippen LogP contribution in [0.5, 0.6) is 0 Å². The molecule has 1 N–H and O–H groups in total. The van der Waals surface area contributed by atoms with Crippen molar-refractivity contribution in [1.29, 1.82) is 0 Å². The smallest absolute Gasteiger partial charge is 0.277 e. The molecule has 1 aliphatic rings. The highest BCUT2D eigenvalue weighted by molar-refractivity contribution is 7.15. The molecule has 29 heavy (non-hydrogen) atoms. The minimum absolute atomic E-state index is 0.0918. The first-order valence-corrected chi connectivity index (χ1v) is 10.1. The van der Waals surface area contributed by atoms with Gasteiger partial charge in [-0.25, -0.2) is 9.97 Å². The van der Waals surface area contributed by atoms with Crippen molar-refractivity contribution in [3.05, 3.63) is 51.9 Å². The minimum Gasteiger partial charge on any atom is -0.361 e. The fourth-order valence-corrected chi connectivity index (χ4v) is 4.31. The molecule has 0 aromatic carbocycles. The molecule has 0 spiro atoms. The lowest BCUT2D eigenvalue weighted by Gasteiger charge is -2.26. The fourth-order valence-electron chi connectivity index (χ4n) is 3.29. The number of nitrogens with one attached hydrogen (secondary N) is 1. The van der Waals surface area contributed by atoms with Gasteiger partial charge in [0.25, 0.3) is 5.91 Å². The highest BCUT2D eigenvalue weighted by atomic mass is 32.1. The van der Waals surface area contributed by atoms with Crippen LogP contribution in [0.3, 0.4) is 0 Å². The Hall–Kier alpha value is -3.14. The van der Waals surface area contributed by atoms with Crippen LogP contribution in [0, 0.1) is 13.8 Å². The molecular formula is C19H20N6O3S. The van der Waals surface area contributed by atoms with E-state index in [0.717, 1.165) is 27.6 Å². The van der Waals surface area contributed by atoms with Gasteiger partial charge in [0.15, 0.2) is 5.13 Å². The number of rotatable bonds is 5. The van der Waals surface area contributed by atoms with Crippen LogP contribution in [-0.2, 0) is 24.2 Å². The molecule has 9 nitrogen and oxygen atoms in total. The Morgan fingerprint density at radius 3 is 2.90 bits per heavy atom. The van der Waals surface area contributed by atoms with Crippen LogP contribution >= 0.6 is 11.3 Å². The van der Waals surface area contributed by atoms with Gasteiger partial charge in [-0.2, -0.15) is 0 Å². The molecule has 0 saturated heterocycles. The molecule has 150 valence electrons. The van der Waals surface area contributed by atoms with Crippen molar-refractivity contribution in [3.8, 4) is 0 Å². The van der Waals surface area contributed by atoms with E-state index in [1.807, 2.05) is 18.7 Å². The highest BCUT2D eigenvalue weighted by Gasteiger charge is 2.25. The number of carbonyl (C=O) groups excluding carboxylic acids is 2. The first-order chi connectivity index (χ1) is 14.0. The van der Waals surface area contributed by atoms with E-state index in [1.165, 1.54) is 29.9 Å². The van der Waals surface area contributed by atoms with E-state index in [9.17, 15) is 9.59 Å². The summed E-state index contributed by atoms with van der Waals surface area (Å²) in [6.45, 7) is 4.88. The standard InChI is InChI=1S/C19H20N6O3S/c1-11-13(12(2)28-24-11)3-4-17(26)25-8-5-14-16(10-25)29-19(22-14)23-18(27)15-9-20-6-7-21-15/h6-7,9H,3-5,8,10H2,1-2H3,(H,22,23,27). The maximum absolute atomic E-state index is 12.7. The number of aromatic nitrogens is 4. The Labute approximate surface area is 171 Å². The maximum Gasteiger partial charge on any atom is 0.277 e. The average Bonchev–Trinajstić information content (AvgIpc) is 3.28. The zero-order valence-corrected chi connectivity index (χ0v) is 17.0. The lowest BCUT2D eigenvalue weighted by Crippen LogP contribution is -2.35. The summed E-state index contributed by atoms with van der Waals surface area (Å²) in [7, 11) is 0. The molecule has 2 amide bonds. The largest absolute Gasteiger partial charge is 0.361 e. The molecule has 0 bridgehead atoms. The SMILES string of the molecule is Cc1noc(C)c1CCC(=O)N1CCc2nc(NC(=O)c3cnccn3)sc2C1. The van der Waals surface area contributed by atoms with Gasteiger partial charge in [0.1, 0.15) is 11.5 Å². The topological polar surface area (TPSA) is 114 Å². The zero-order chi connectivity index (χ0) is 20.4. The van der Waals surface area contributed by atoms with Gasteiger partial charge in [0.2, 0.25) is 5.91 Å². The van der Waals surface area contributed by atoms with E-state index in [-0.39, 0.29) is 17.5 Å². The third-order valence-corrected chi connectivity index (χ3v) is 5.87. The van der Waals surface area contributed by atoms with Crippen molar-refractivity contribution in [1.82, 2.24) is 25.0 Å². The number of amides is 2. The van der Waals surface area contributed by atoms with E-state index in [0.29, 0.717) is 37.5 Å². The van der Waals surface area contributed by atoms with Crippen molar-refractivity contribution >= 4 is 28.3 Å². The fraction of sp³-hybridized carbons (Fsp3) is 0.368. The summed E-state index contributed by atoms with van der Waals surface area (Å²) >= 11 is 1.39. The monoisotopic (exact) mass is 412 g/mol. The molecule has 0 atom stereocenters. The molecule has 4 rings (SSSR count). The number of nitrogens with zero attached hydrogens (tertiary/aromatic N) is 5. The Morgan fingerprint density at radius 1 is 1.31 bits per heavy atom. The zero-order valence-electron chi connectivity index (χ0n) is 16.1. The van der Waals surface area contributed by atoms with Crippen molar-refractivity contribution in [2.24, 2.45) is 0 Å². The normalized spacial score (nSPS) is 13.2. The Kier molecular flexibility index (Phi) is 5.34. The number of fused-ring (bicyclic) bond motifs is 1. The molecule has 3 aromatic heterocycles. The first kappa shape index (κ1) is 19.2. The van der Waals surface area contributed by atoms with Gasteiger partial charge in [0.05, 0.1) is 24.1 Å². The third-order valence-electron chi connectivity index (χ3n) is 4.87. The quantitative estimate of drug-likeness (QED) is 0.684. The predicted octanol–water partition coefficient (Wildman–Crippen LogP) is 2.31. The Balaban J connectivity index is 1.37. The van der Waals surface area contributed by atoms with Gasteiger partial charge < -0.3 is 9.42 Å². The number of aryl methyl sites for hydroxylation is 2. The maximum atomic E-state index is 12.7.